The smallest absolute Gasteiger partial charge is 0.323 e. The lowest BCUT2D eigenvalue weighted by Crippen LogP contribution is -2.39. The highest BCUT2D eigenvalue weighted by molar-refractivity contribution is 5.74. The second-order valence-electron chi connectivity index (χ2n) is 6.40. The minimum absolute atomic E-state index is 0.139. The molecule has 0 bridgehead atoms. The molecule has 0 aliphatic heterocycles. The number of hydrogen-bond donors (Lipinski definition) is 10. The van der Waals surface area contributed by atoms with Crippen LogP contribution in [-0.4, -0.2) is 97.2 Å². The SMILES string of the molecule is CC(O)CO.C[C@@H](O)[C@H](N)C(=O)O.N[C@@H](CO)C(=O)O.N[C@@H](Cc1ccccc1)C(=O)O. The van der Waals surface area contributed by atoms with Crippen LogP contribution < -0.4 is 17.2 Å². The summed E-state index contributed by atoms with van der Waals surface area (Å²) < 4.78 is 0. The fraction of sp³-hybridized carbons (Fsp3) is 0.526. The van der Waals surface area contributed by atoms with E-state index in [4.69, 9.17) is 52.9 Å². The van der Waals surface area contributed by atoms with E-state index in [-0.39, 0.29) is 6.61 Å². The van der Waals surface area contributed by atoms with Crippen molar-refractivity contribution in [3.05, 3.63) is 35.9 Å². The molecule has 1 aromatic carbocycles. The Balaban J connectivity index is -0.000000371. The second kappa shape index (κ2) is 20.3. The number of carboxylic acid groups (broad SMARTS) is 3. The number of aliphatic hydroxyl groups is 4. The Bertz CT molecular complexity index is 629. The molecule has 1 rings (SSSR count). The summed E-state index contributed by atoms with van der Waals surface area (Å²) in [6.07, 6.45) is -1.15. The average Bonchev–Trinajstić information content (AvgIpc) is 2.74. The van der Waals surface area contributed by atoms with Crippen molar-refractivity contribution in [3.63, 3.8) is 0 Å². The number of nitrogens with two attached hydrogens (primary N) is 3. The van der Waals surface area contributed by atoms with E-state index in [2.05, 4.69) is 0 Å². The molecule has 0 amide bonds. The molecule has 32 heavy (non-hydrogen) atoms. The van der Waals surface area contributed by atoms with Gasteiger partial charge in [-0.05, 0) is 25.8 Å². The summed E-state index contributed by atoms with van der Waals surface area (Å²) in [6.45, 7) is 2.22. The third kappa shape index (κ3) is 22.0. The van der Waals surface area contributed by atoms with Crippen molar-refractivity contribution in [1.29, 1.82) is 0 Å². The second-order valence-corrected chi connectivity index (χ2v) is 6.40. The molecule has 0 spiro atoms. The van der Waals surface area contributed by atoms with Crippen LogP contribution in [0, 0.1) is 0 Å². The molecule has 0 radical (unpaired) electrons. The first-order valence-electron chi connectivity index (χ1n) is 9.28. The van der Waals surface area contributed by atoms with Gasteiger partial charge in [-0.3, -0.25) is 14.4 Å². The van der Waals surface area contributed by atoms with E-state index in [9.17, 15) is 14.4 Å². The molecule has 1 unspecified atom stereocenters. The number of carboxylic acids is 3. The van der Waals surface area contributed by atoms with E-state index < -0.39 is 54.8 Å². The zero-order valence-corrected chi connectivity index (χ0v) is 18.0. The van der Waals surface area contributed by atoms with E-state index in [0.717, 1.165) is 5.56 Å². The van der Waals surface area contributed by atoms with Gasteiger partial charge in [-0.2, -0.15) is 0 Å². The van der Waals surface area contributed by atoms with E-state index in [1.54, 1.807) is 0 Å². The van der Waals surface area contributed by atoms with Gasteiger partial charge >= 0.3 is 17.9 Å². The van der Waals surface area contributed by atoms with Gasteiger partial charge < -0.3 is 52.9 Å². The van der Waals surface area contributed by atoms with Crippen LogP contribution in [0.5, 0.6) is 0 Å². The van der Waals surface area contributed by atoms with Gasteiger partial charge in [0.25, 0.3) is 0 Å². The van der Waals surface area contributed by atoms with Gasteiger partial charge in [-0.25, -0.2) is 0 Å². The Morgan fingerprint density at radius 2 is 1.19 bits per heavy atom. The predicted octanol–water partition coefficient (Wildman–Crippen LogP) is -2.83. The van der Waals surface area contributed by atoms with Gasteiger partial charge in [0.2, 0.25) is 0 Å². The van der Waals surface area contributed by atoms with Gasteiger partial charge in [0.15, 0.2) is 0 Å². The molecule has 13 heteroatoms. The number of aliphatic hydroxyl groups excluding tert-OH is 4. The van der Waals surface area contributed by atoms with Crippen LogP contribution in [0.4, 0.5) is 0 Å². The van der Waals surface area contributed by atoms with Gasteiger partial charge in [-0.1, -0.05) is 30.3 Å². The van der Waals surface area contributed by atoms with Crippen LogP contribution >= 0.6 is 0 Å². The third-order valence-electron chi connectivity index (χ3n) is 3.20. The molecule has 0 saturated carbocycles. The summed E-state index contributed by atoms with van der Waals surface area (Å²) in [7, 11) is 0. The normalized spacial score (nSPS) is 14.3. The minimum atomic E-state index is -1.18. The summed E-state index contributed by atoms with van der Waals surface area (Å²) in [5.74, 6) is -3.32. The van der Waals surface area contributed by atoms with E-state index in [0.29, 0.717) is 6.42 Å². The Labute approximate surface area is 185 Å². The van der Waals surface area contributed by atoms with Crippen LogP contribution in [0.15, 0.2) is 30.3 Å². The quantitative estimate of drug-likeness (QED) is 0.186. The van der Waals surface area contributed by atoms with Gasteiger partial charge in [0, 0.05) is 0 Å². The van der Waals surface area contributed by atoms with Gasteiger partial charge in [-0.15, -0.1) is 0 Å². The zero-order chi connectivity index (χ0) is 25.9. The van der Waals surface area contributed by atoms with Crippen molar-refractivity contribution in [2.24, 2.45) is 17.2 Å². The number of rotatable bonds is 8. The van der Waals surface area contributed by atoms with E-state index >= 15 is 0 Å². The molecular formula is C19H35N3O10. The van der Waals surface area contributed by atoms with Crippen molar-refractivity contribution in [2.75, 3.05) is 13.2 Å². The Hall–Kier alpha value is -2.65. The summed E-state index contributed by atoms with van der Waals surface area (Å²) >= 11 is 0. The first kappa shape index (κ1) is 34.0. The standard InChI is InChI=1S/C9H11NO2.C4H9NO3.C3H7NO3.C3H8O2/c10-8(9(11)12)6-7-4-2-1-3-5-7;1-2(6)3(5)4(7)8;4-2(1-5)3(6)7;1-3(5)2-4/h1-5,8H,6,10H2,(H,11,12);2-3,6H,5H2,1H3,(H,7,8);2,5H,1,4H2,(H,6,7);3-5H,2H2,1H3/t8-;2-,3+;2-;/m010./s1. The maximum absolute atomic E-state index is 10.4. The third-order valence-corrected chi connectivity index (χ3v) is 3.20. The predicted molar refractivity (Wildman–Crippen MR) is 115 cm³/mol. The lowest BCUT2D eigenvalue weighted by Gasteiger charge is -2.06. The summed E-state index contributed by atoms with van der Waals surface area (Å²) in [6, 6.07) is 6.26. The van der Waals surface area contributed by atoms with Crippen LogP contribution in [0.1, 0.15) is 19.4 Å². The van der Waals surface area contributed by atoms with Crippen LogP contribution in [-0.2, 0) is 20.8 Å². The lowest BCUT2D eigenvalue weighted by molar-refractivity contribution is -0.141. The zero-order valence-electron chi connectivity index (χ0n) is 18.0. The van der Waals surface area contributed by atoms with Gasteiger partial charge in [0.05, 0.1) is 25.4 Å². The monoisotopic (exact) mass is 465 g/mol. The first-order chi connectivity index (χ1) is 14.7. The Morgan fingerprint density at radius 1 is 0.781 bits per heavy atom. The number of aliphatic carboxylic acids is 3. The average molecular weight is 466 g/mol. The fourth-order valence-electron chi connectivity index (χ4n) is 1.24. The summed E-state index contributed by atoms with van der Waals surface area (Å²) in [4.78, 5) is 29.9. The number of carbonyl (C=O) groups is 3. The molecule has 186 valence electrons. The largest absolute Gasteiger partial charge is 0.480 e. The van der Waals surface area contributed by atoms with Crippen molar-refractivity contribution in [2.45, 2.75) is 50.6 Å². The highest BCUT2D eigenvalue weighted by atomic mass is 16.4. The molecule has 0 saturated heterocycles. The van der Waals surface area contributed by atoms with Crippen molar-refractivity contribution in [1.82, 2.24) is 0 Å². The van der Waals surface area contributed by atoms with E-state index in [1.165, 1.54) is 13.8 Å². The van der Waals surface area contributed by atoms with Crippen LogP contribution in [0.25, 0.3) is 0 Å². The topological polar surface area (TPSA) is 271 Å². The molecule has 0 aliphatic rings. The molecule has 0 aliphatic carbocycles. The Morgan fingerprint density at radius 3 is 1.38 bits per heavy atom. The maximum Gasteiger partial charge on any atom is 0.323 e. The minimum Gasteiger partial charge on any atom is -0.480 e. The van der Waals surface area contributed by atoms with Crippen LogP contribution in [0.2, 0.25) is 0 Å². The highest BCUT2D eigenvalue weighted by Crippen LogP contribution is 2.01. The highest BCUT2D eigenvalue weighted by Gasteiger charge is 2.16. The maximum atomic E-state index is 10.4. The molecule has 0 fully saturated rings. The van der Waals surface area contributed by atoms with Crippen molar-refractivity contribution >= 4 is 17.9 Å². The van der Waals surface area contributed by atoms with E-state index in [1.807, 2.05) is 30.3 Å². The van der Waals surface area contributed by atoms with Crippen molar-refractivity contribution in [3.8, 4) is 0 Å². The summed E-state index contributed by atoms with van der Waals surface area (Å²) in [5.41, 5.74) is 16.0. The Kier molecular flexibility index (Phi) is 21.5. The molecule has 1 aromatic rings. The molecule has 0 heterocycles. The van der Waals surface area contributed by atoms with Gasteiger partial charge in [0.1, 0.15) is 18.1 Å². The first-order valence-corrected chi connectivity index (χ1v) is 9.28. The summed E-state index contributed by atoms with van der Waals surface area (Å²) in [5, 5.41) is 57.0. The molecule has 0 aromatic heterocycles. The van der Waals surface area contributed by atoms with Crippen molar-refractivity contribution < 1.29 is 50.1 Å². The number of hydrogen-bond acceptors (Lipinski definition) is 10. The lowest BCUT2D eigenvalue weighted by atomic mass is 10.1. The fourth-order valence-corrected chi connectivity index (χ4v) is 1.24. The molecule has 13 N–H and O–H groups in total. The molecule has 5 atom stereocenters. The number of benzene rings is 1. The molecule has 13 nitrogen and oxygen atoms in total. The molecular weight excluding hydrogens is 430 g/mol. The van der Waals surface area contributed by atoms with Crippen LogP contribution in [0.3, 0.4) is 0 Å².